The Kier molecular flexibility index (Phi) is 4.38. The molecule has 1 aliphatic rings. The van der Waals surface area contributed by atoms with Gasteiger partial charge in [0.1, 0.15) is 0 Å². The molecule has 0 aliphatic carbocycles. The summed E-state index contributed by atoms with van der Waals surface area (Å²) in [5, 5.41) is 14.1. The number of halogens is 4. The van der Waals surface area contributed by atoms with Gasteiger partial charge < -0.3 is 5.11 Å². The van der Waals surface area contributed by atoms with Crippen molar-refractivity contribution in [3.8, 4) is 0 Å². The van der Waals surface area contributed by atoms with Crippen molar-refractivity contribution in [1.82, 2.24) is 9.99 Å². The first-order valence-electron chi connectivity index (χ1n) is 7.09. The highest BCUT2D eigenvalue weighted by atomic mass is 79.9. The molecule has 1 aliphatic heterocycles. The molecule has 1 aromatic heterocycles. The van der Waals surface area contributed by atoms with Crippen molar-refractivity contribution in [3.63, 3.8) is 0 Å². The lowest BCUT2D eigenvalue weighted by Gasteiger charge is -2.32. The highest BCUT2D eigenvalue weighted by molar-refractivity contribution is 9.10. The minimum Gasteiger partial charge on any atom is -0.362 e. The maximum Gasteiger partial charge on any atom is 0.438 e. The number of amides is 1. The molecule has 2 aromatic rings. The largest absolute Gasteiger partial charge is 0.438 e. The quantitative estimate of drug-likeness (QED) is 0.820. The van der Waals surface area contributed by atoms with Crippen LogP contribution in [0.1, 0.15) is 22.3 Å². The van der Waals surface area contributed by atoms with Crippen molar-refractivity contribution in [2.75, 3.05) is 0 Å². The normalized spacial score (nSPS) is 20.5. The lowest BCUT2D eigenvalue weighted by atomic mass is 10.0. The van der Waals surface area contributed by atoms with Crippen LogP contribution in [-0.4, -0.2) is 38.6 Å². The zero-order chi connectivity index (χ0) is 18.2. The Morgan fingerprint density at radius 3 is 2.32 bits per heavy atom. The van der Waals surface area contributed by atoms with E-state index in [1.165, 1.54) is 24.5 Å². The van der Waals surface area contributed by atoms with Crippen molar-refractivity contribution in [2.24, 2.45) is 5.10 Å². The van der Waals surface area contributed by atoms with E-state index in [1.54, 1.807) is 24.3 Å². The third-order valence-corrected chi connectivity index (χ3v) is 4.26. The highest BCUT2D eigenvalue weighted by Crippen LogP contribution is 2.42. The van der Waals surface area contributed by atoms with E-state index < -0.39 is 24.2 Å². The van der Waals surface area contributed by atoms with Crippen LogP contribution >= 0.6 is 15.9 Å². The molecule has 0 saturated heterocycles. The van der Waals surface area contributed by atoms with E-state index in [2.05, 4.69) is 26.0 Å². The molecule has 9 heteroatoms. The Hall–Kier alpha value is -2.26. The second-order valence-electron chi connectivity index (χ2n) is 5.40. The summed E-state index contributed by atoms with van der Waals surface area (Å²) in [4.78, 5) is 16.2. The van der Waals surface area contributed by atoms with Gasteiger partial charge in [-0.15, -0.1) is 0 Å². The molecule has 0 unspecified atom stereocenters. The minimum atomic E-state index is -5.07. The molecule has 3 rings (SSSR count). The van der Waals surface area contributed by atoms with Gasteiger partial charge in [0.15, 0.2) is 0 Å². The summed E-state index contributed by atoms with van der Waals surface area (Å²) in [5.41, 5.74) is -3.11. The minimum absolute atomic E-state index is 0.0327. The standard InChI is InChI=1S/C16H11BrF3N3O2/c17-12-3-1-10(2-4-12)13-9-15(25,16(18,19)20)23(22-13)14(24)11-5-7-21-8-6-11/h1-8,25H,9H2/t15-/m0/s1. The van der Waals surface area contributed by atoms with Crippen molar-refractivity contribution < 1.29 is 23.1 Å². The number of alkyl halides is 3. The summed E-state index contributed by atoms with van der Waals surface area (Å²) < 4.78 is 41.2. The number of hydrazone groups is 1. The number of pyridine rings is 1. The molecular weight excluding hydrogens is 403 g/mol. The molecule has 5 nitrogen and oxygen atoms in total. The maximum atomic E-state index is 13.5. The molecule has 0 saturated carbocycles. The monoisotopic (exact) mass is 413 g/mol. The summed E-state index contributed by atoms with van der Waals surface area (Å²) in [6.45, 7) is 0. The number of rotatable bonds is 2. The number of hydrogen-bond donors (Lipinski definition) is 1. The van der Waals surface area contributed by atoms with E-state index in [1.807, 2.05) is 0 Å². The number of hydrogen-bond acceptors (Lipinski definition) is 4. The highest BCUT2D eigenvalue weighted by Gasteiger charge is 2.63. The molecule has 1 amide bonds. The molecule has 130 valence electrons. The molecule has 0 radical (unpaired) electrons. The molecule has 0 bridgehead atoms. The average molecular weight is 414 g/mol. The topological polar surface area (TPSA) is 65.8 Å². The van der Waals surface area contributed by atoms with Crippen LogP contribution in [0.4, 0.5) is 13.2 Å². The first-order chi connectivity index (χ1) is 11.7. The van der Waals surface area contributed by atoms with E-state index >= 15 is 0 Å². The lowest BCUT2D eigenvalue weighted by Crippen LogP contribution is -2.56. The van der Waals surface area contributed by atoms with Gasteiger partial charge in [-0.3, -0.25) is 9.78 Å². The van der Waals surface area contributed by atoms with Crippen LogP contribution in [0.25, 0.3) is 0 Å². The zero-order valence-electron chi connectivity index (χ0n) is 12.5. The van der Waals surface area contributed by atoms with E-state index in [4.69, 9.17) is 0 Å². The molecular formula is C16H11BrF3N3O2. The van der Waals surface area contributed by atoms with Crippen LogP contribution in [0.3, 0.4) is 0 Å². The van der Waals surface area contributed by atoms with Gasteiger partial charge in [0.2, 0.25) is 0 Å². The summed E-state index contributed by atoms with van der Waals surface area (Å²) in [5.74, 6) is -1.06. The fraction of sp³-hybridized carbons (Fsp3) is 0.188. The van der Waals surface area contributed by atoms with E-state index in [0.717, 1.165) is 4.47 Å². The second-order valence-corrected chi connectivity index (χ2v) is 6.31. The maximum absolute atomic E-state index is 13.5. The van der Waals surface area contributed by atoms with Gasteiger partial charge in [0.25, 0.3) is 11.6 Å². The van der Waals surface area contributed by atoms with Crippen molar-refractivity contribution in [3.05, 3.63) is 64.4 Å². The predicted octanol–water partition coefficient (Wildman–Crippen LogP) is 3.35. The summed E-state index contributed by atoms with van der Waals surface area (Å²) in [6, 6.07) is 8.90. The first kappa shape index (κ1) is 17.6. The Balaban J connectivity index is 2.04. The summed E-state index contributed by atoms with van der Waals surface area (Å²) in [6.07, 6.45) is -3.38. The van der Waals surface area contributed by atoms with Gasteiger partial charge in [0, 0.05) is 22.4 Å². The van der Waals surface area contributed by atoms with Gasteiger partial charge in [-0.25, -0.2) is 0 Å². The van der Waals surface area contributed by atoms with Crippen LogP contribution in [0.15, 0.2) is 58.4 Å². The van der Waals surface area contributed by atoms with Crippen molar-refractivity contribution in [2.45, 2.75) is 18.3 Å². The van der Waals surface area contributed by atoms with Crippen molar-refractivity contribution in [1.29, 1.82) is 0 Å². The Morgan fingerprint density at radius 1 is 1.16 bits per heavy atom. The van der Waals surface area contributed by atoms with Crippen LogP contribution in [-0.2, 0) is 0 Å². The van der Waals surface area contributed by atoms with E-state index in [-0.39, 0.29) is 16.3 Å². The number of benzene rings is 1. The molecule has 1 N–H and O–H groups in total. The van der Waals surface area contributed by atoms with Gasteiger partial charge in [-0.1, -0.05) is 28.1 Å². The average Bonchev–Trinajstić information content (AvgIpc) is 2.94. The fourth-order valence-corrected chi connectivity index (χ4v) is 2.66. The summed E-state index contributed by atoms with van der Waals surface area (Å²) >= 11 is 3.23. The number of nitrogens with zero attached hydrogens (tertiary/aromatic N) is 3. The van der Waals surface area contributed by atoms with E-state index in [0.29, 0.717) is 5.56 Å². The smallest absolute Gasteiger partial charge is 0.362 e. The predicted molar refractivity (Wildman–Crippen MR) is 86.7 cm³/mol. The van der Waals surface area contributed by atoms with Gasteiger partial charge in [0.05, 0.1) is 12.1 Å². The van der Waals surface area contributed by atoms with E-state index in [9.17, 15) is 23.1 Å². The first-order valence-corrected chi connectivity index (χ1v) is 7.89. The lowest BCUT2D eigenvalue weighted by molar-refractivity contribution is -0.297. The molecule has 0 fully saturated rings. The van der Waals surface area contributed by atoms with Gasteiger partial charge >= 0.3 is 6.18 Å². The molecule has 1 atom stereocenters. The Bertz CT molecular complexity index is 825. The molecule has 2 heterocycles. The number of aliphatic hydroxyl groups is 1. The van der Waals surface area contributed by atoms with Crippen LogP contribution in [0.2, 0.25) is 0 Å². The van der Waals surface area contributed by atoms with Crippen LogP contribution in [0, 0.1) is 0 Å². The van der Waals surface area contributed by atoms with Crippen molar-refractivity contribution >= 4 is 27.5 Å². The summed E-state index contributed by atoms with van der Waals surface area (Å²) in [7, 11) is 0. The van der Waals surface area contributed by atoms with Gasteiger partial charge in [-0.05, 0) is 29.8 Å². The second kappa shape index (κ2) is 6.23. The Labute approximate surface area is 148 Å². The third kappa shape index (κ3) is 3.16. The zero-order valence-corrected chi connectivity index (χ0v) is 14.1. The third-order valence-electron chi connectivity index (χ3n) is 3.74. The number of carbonyl (C=O) groups excluding carboxylic acids is 1. The number of aromatic nitrogens is 1. The molecule has 0 spiro atoms. The fourth-order valence-electron chi connectivity index (χ4n) is 2.40. The SMILES string of the molecule is O=C(c1ccncc1)N1N=C(c2ccc(Br)cc2)C[C@]1(O)C(F)(F)F. The Morgan fingerprint density at radius 2 is 1.76 bits per heavy atom. The molecule has 1 aromatic carbocycles. The van der Waals surface area contributed by atoms with Crippen LogP contribution in [0.5, 0.6) is 0 Å². The van der Waals surface area contributed by atoms with Crippen LogP contribution < -0.4 is 0 Å². The van der Waals surface area contributed by atoms with Gasteiger partial charge in [-0.2, -0.15) is 23.3 Å². The molecule has 25 heavy (non-hydrogen) atoms. The number of carbonyl (C=O) groups is 1.